The maximum Gasteiger partial charge on any atom is 0.130 e. The first kappa shape index (κ1) is 14.6. The van der Waals surface area contributed by atoms with Crippen molar-refractivity contribution in [1.29, 1.82) is 0 Å². The van der Waals surface area contributed by atoms with Gasteiger partial charge in [0.15, 0.2) is 0 Å². The van der Waals surface area contributed by atoms with E-state index in [9.17, 15) is 8.78 Å². The first-order valence-corrected chi connectivity index (χ1v) is 6.47. The molecule has 0 aliphatic heterocycles. The first-order chi connectivity index (χ1) is 9.61. The maximum atomic E-state index is 13.6. The van der Waals surface area contributed by atoms with Gasteiger partial charge in [0, 0.05) is 18.2 Å². The van der Waals surface area contributed by atoms with Crippen LogP contribution in [0, 0.1) is 11.6 Å². The largest absolute Gasteiger partial charge is 0.392 e. The Balaban J connectivity index is 2.06. The Morgan fingerprint density at radius 3 is 2.30 bits per heavy atom. The minimum Gasteiger partial charge on any atom is -0.392 e. The zero-order valence-corrected chi connectivity index (χ0v) is 11.2. The van der Waals surface area contributed by atoms with Crippen LogP contribution < -0.4 is 5.32 Å². The molecule has 0 aromatic heterocycles. The lowest BCUT2D eigenvalue weighted by Crippen LogP contribution is -2.20. The summed E-state index contributed by atoms with van der Waals surface area (Å²) in [6, 6.07) is 10.8. The third-order valence-electron chi connectivity index (χ3n) is 3.22. The molecule has 0 aliphatic carbocycles. The Bertz CT molecular complexity index is 566. The Kier molecular flexibility index (Phi) is 4.82. The molecular formula is C16H17F2NO. The number of benzene rings is 2. The van der Waals surface area contributed by atoms with Gasteiger partial charge in [-0.2, -0.15) is 0 Å². The van der Waals surface area contributed by atoms with Crippen molar-refractivity contribution >= 4 is 0 Å². The average molecular weight is 277 g/mol. The summed E-state index contributed by atoms with van der Waals surface area (Å²) in [5.74, 6) is -1.09. The summed E-state index contributed by atoms with van der Waals surface area (Å²) in [6.07, 6.45) is 0. The van der Waals surface area contributed by atoms with E-state index in [1.807, 2.05) is 24.3 Å². The van der Waals surface area contributed by atoms with Gasteiger partial charge in [0.05, 0.1) is 6.61 Å². The van der Waals surface area contributed by atoms with Crippen molar-refractivity contribution in [3.8, 4) is 0 Å². The van der Waals surface area contributed by atoms with Gasteiger partial charge >= 0.3 is 0 Å². The molecule has 2 nitrogen and oxygen atoms in total. The fraction of sp³-hybridized carbons (Fsp3) is 0.250. The average Bonchev–Trinajstić information content (AvgIpc) is 2.45. The Labute approximate surface area is 117 Å². The molecule has 0 fully saturated rings. The summed E-state index contributed by atoms with van der Waals surface area (Å²) >= 11 is 0. The van der Waals surface area contributed by atoms with Crippen molar-refractivity contribution in [2.24, 2.45) is 0 Å². The van der Waals surface area contributed by atoms with Crippen LogP contribution in [0.2, 0.25) is 0 Å². The number of aliphatic hydroxyl groups excluding tert-OH is 1. The molecule has 0 heterocycles. The van der Waals surface area contributed by atoms with Crippen molar-refractivity contribution in [3.05, 3.63) is 70.8 Å². The highest BCUT2D eigenvalue weighted by Gasteiger charge is 2.15. The second-order valence-electron chi connectivity index (χ2n) is 4.72. The van der Waals surface area contributed by atoms with Crippen molar-refractivity contribution in [3.63, 3.8) is 0 Å². The maximum absolute atomic E-state index is 13.6. The van der Waals surface area contributed by atoms with Crippen LogP contribution in [0.25, 0.3) is 0 Å². The summed E-state index contributed by atoms with van der Waals surface area (Å²) in [5, 5.41) is 12.2. The molecule has 0 amide bonds. The number of hydrogen-bond donors (Lipinski definition) is 2. The van der Waals surface area contributed by atoms with Crippen LogP contribution >= 0.6 is 0 Å². The van der Waals surface area contributed by atoms with Crippen molar-refractivity contribution in [2.45, 2.75) is 26.1 Å². The lowest BCUT2D eigenvalue weighted by atomic mass is 10.1. The van der Waals surface area contributed by atoms with Crippen LogP contribution in [-0.2, 0) is 13.2 Å². The fourth-order valence-electron chi connectivity index (χ4n) is 2.14. The number of halogens is 2. The number of rotatable bonds is 5. The van der Waals surface area contributed by atoms with Gasteiger partial charge in [-0.25, -0.2) is 8.78 Å². The van der Waals surface area contributed by atoms with Crippen molar-refractivity contribution in [1.82, 2.24) is 5.32 Å². The van der Waals surface area contributed by atoms with E-state index in [0.717, 1.165) is 11.1 Å². The van der Waals surface area contributed by atoms with E-state index in [4.69, 9.17) is 5.11 Å². The summed E-state index contributed by atoms with van der Waals surface area (Å²) in [7, 11) is 0. The highest BCUT2D eigenvalue weighted by molar-refractivity contribution is 5.25. The summed E-state index contributed by atoms with van der Waals surface area (Å²) < 4.78 is 27.3. The van der Waals surface area contributed by atoms with E-state index in [1.54, 1.807) is 6.92 Å². The topological polar surface area (TPSA) is 32.3 Å². The van der Waals surface area contributed by atoms with Gasteiger partial charge in [-0.15, -0.1) is 0 Å². The van der Waals surface area contributed by atoms with Gasteiger partial charge in [0.2, 0.25) is 0 Å². The molecule has 0 spiro atoms. The zero-order valence-electron chi connectivity index (χ0n) is 11.2. The van der Waals surface area contributed by atoms with Gasteiger partial charge < -0.3 is 10.4 Å². The van der Waals surface area contributed by atoms with Crippen LogP contribution in [0.4, 0.5) is 8.78 Å². The van der Waals surface area contributed by atoms with Crippen LogP contribution in [0.5, 0.6) is 0 Å². The lowest BCUT2D eigenvalue weighted by Gasteiger charge is -2.16. The Morgan fingerprint density at radius 1 is 1.05 bits per heavy atom. The van der Waals surface area contributed by atoms with Gasteiger partial charge in [-0.1, -0.05) is 30.3 Å². The number of aliphatic hydroxyl groups is 1. The van der Waals surface area contributed by atoms with E-state index < -0.39 is 17.7 Å². The standard InChI is InChI=1S/C16H17F2NO/c1-11(16-14(17)6-3-7-15(16)18)19-9-12-4-2-5-13(8-12)10-20/h2-8,11,19-20H,9-10H2,1H3. The number of nitrogens with one attached hydrogen (secondary N) is 1. The number of hydrogen-bond acceptors (Lipinski definition) is 2. The fourth-order valence-corrected chi connectivity index (χ4v) is 2.14. The Morgan fingerprint density at radius 2 is 1.65 bits per heavy atom. The molecule has 106 valence electrons. The second-order valence-corrected chi connectivity index (χ2v) is 4.72. The van der Waals surface area contributed by atoms with Gasteiger partial charge in [0.1, 0.15) is 11.6 Å². The second kappa shape index (κ2) is 6.59. The molecule has 2 aromatic rings. The Hall–Kier alpha value is -1.78. The van der Waals surface area contributed by atoms with E-state index in [1.165, 1.54) is 18.2 Å². The van der Waals surface area contributed by atoms with Crippen LogP contribution in [0.3, 0.4) is 0 Å². The molecule has 2 rings (SSSR count). The molecule has 0 aliphatic rings. The third-order valence-corrected chi connectivity index (χ3v) is 3.22. The monoisotopic (exact) mass is 277 g/mol. The molecule has 20 heavy (non-hydrogen) atoms. The molecule has 4 heteroatoms. The van der Waals surface area contributed by atoms with Crippen LogP contribution in [-0.4, -0.2) is 5.11 Å². The summed E-state index contributed by atoms with van der Waals surface area (Å²) in [5.41, 5.74) is 1.82. The minimum atomic E-state index is -0.547. The third kappa shape index (κ3) is 3.40. The van der Waals surface area contributed by atoms with E-state index >= 15 is 0 Å². The highest BCUT2D eigenvalue weighted by Crippen LogP contribution is 2.20. The van der Waals surface area contributed by atoms with E-state index in [-0.39, 0.29) is 12.2 Å². The highest BCUT2D eigenvalue weighted by atomic mass is 19.1. The molecule has 0 radical (unpaired) electrons. The smallest absolute Gasteiger partial charge is 0.130 e. The molecule has 1 atom stereocenters. The summed E-state index contributed by atoms with van der Waals surface area (Å²) in [6.45, 7) is 2.17. The van der Waals surface area contributed by atoms with E-state index in [2.05, 4.69) is 5.32 Å². The minimum absolute atomic E-state index is 0.0225. The first-order valence-electron chi connectivity index (χ1n) is 6.47. The lowest BCUT2D eigenvalue weighted by molar-refractivity contribution is 0.281. The zero-order chi connectivity index (χ0) is 14.5. The normalized spacial score (nSPS) is 12.4. The quantitative estimate of drug-likeness (QED) is 0.879. The van der Waals surface area contributed by atoms with Crippen LogP contribution in [0.15, 0.2) is 42.5 Å². The predicted octanol–water partition coefficient (Wildman–Crippen LogP) is 3.31. The van der Waals surface area contributed by atoms with Crippen LogP contribution in [0.1, 0.15) is 29.7 Å². The molecule has 1 unspecified atom stereocenters. The molecule has 2 aromatic carbocycles. The molecule has 0 saturated carbocycles. The predicted molar refractivity (Wildman–Crippen MR) is 74.0 cm³/mol. The molecule has 2 N–H and O–H groups in total. The van der Waals surface area contributed by atoms with Gasteiger partial charge in [0.25, 0.3) is 0 Å². The molecule has 0 bridgehead atoms. The SMILES string of the molecule is CC(NCc1cccc(CO)c1)c1c(F)cccc1F. The molecule has 0 saturated heterocycles. The summed E-state index contributed by atoms with van der Waals surface area (Å²) in [4.78, 5) is 0. The van der Waals surface area contributed by atoms with Crippen molar-refractivity contribution in [2.75, 3.05) is 0 Å². The van der Waals surface area contributed by atoms with Gasteiger partial charge in [-0.3, -0.25) is 0 Å². The van der Waals surface area contributed by atoms with E-state index in [0.29, 0.717) is 6.54 Å². The molecular weight excluding hydrogens is 260 g/mol. The van der Waals surface area contributed by atoms with Crippen molar-refractivity contribution < 1.29 is 13.9 Å². The van der Waals surface area contributed by atoms with Gasteiger partial charge in [-0.05, 0) is 30.2 Å².